The highest BCUT2D eigenvalue weighted by molar-refractivity contribution is 5.11. The summed E-state index contributed by atoms with van der Waals surface area (Å²) in [6.07, 6.45) is 3.03. The van der Waals surface area contributed by atoms with E-state index in [-0.39, 0.29) is 0 Å². The van der Waals surface area contributed by atoms with Gasteiger partial charge in [-0.05, 0) is 24.0 Å². The summed E-state index contributed by atoms with van der Waals surface area (Å²) >= 11 is 0. The van der Waals surface area contributed by atoms with Gasteiger partial charge in [0.05, 0.1) is 0 Å². The van der Waals surface area contributed by atoms with Gasteiger partial charge in [0.2, 0.25) is 0 Å². The quantitative estimate of drug-likeness (QED) is 0.672. The van der Waals surface area contributed by atoms with Gasteiger partial charge in [0.25, 0.3) is 0 Å². The highest BCUT2D eigenvalue weighted by Crippen LogP contribution is 2.36. The molecule has 0 saturated heterocycles. The minimum Gasteiger partial charge on any atom is -0.261 e. The predicted octanol–water partition coefficient (Wildman–Crippen LogP) is 3.62. The molecule has 0 spiro atoms. The molecule has 0 N–H and O–H groups in total. The second-order valence-electron chi connectivity index (χ2n) is 4.58. The van der Waals surface area contributed by atoms with Crippen LogP contribution >= 0.6 is 0 Å². The molecule has 1 aromatic rings. The third-order valence-corrected chi connectivity index (χ3v) is 2.50. The summed E-state index contributed by atoms with van der Waals surface area (Å²) in [5.41, 5.74) is 1.53. The van der Waals surface area contributed by atoms with Crippen LogP contribution in [-0.4, -0.2) is 4.98 Å². The third kappa shape index (κ3) is 2.55. The fraction of sp³-hybridized carbons (Fsp3) is 0.583. The number of hydrogen-bond acceptors (Lipinski definition) is 1. The molecule has 1 aromatic heterocycles. The Balaban J connectivity index is 2.92. The fourth-order valence-corrected chi connectivity index (χ4v) is 1.85. The normalized spacial score (nSPS) is 14.2. The number of hydrogen-bond donors (Lipinski definition) is 0. The Hall–Kier alpha value is -0.850. The number of rotatable bonds is 2. The number of pyridine rings is 1. The fourth-order valence-electron chi connectivity index (χ4n) is 1.85. The third-order valence-electron chi connectivity index (χ3n) is 2.50. The monoisotopic (exact) mass is 177 g/mol. The molecular weight excluding hydrogens is 158 g/mol. The van der Waals surface area contributed by atoms with Crippen LogP contribution in [0, 0.1) is 5.41 Å². The summed E-state index contributed by atoms with van der Waals surface area (Å²) in [6.45, 7) is 9.05. The molecule has 0 unspecified atom stereocenters. The van der Waals surface area contributed by atoms with Crippen molar-refractivity contribution in [1.29, 1.82) is 0 Å². The highest BCUT2D eigenvalue weighted by Gasteiger charge is 2.24. The molecule has 0 aliphatic rings. The van der Waals surface area contributed by atoms with Crippen LogP contribution < -0.4 is 0 Å². The topological polar surface area (TPSA) is 12.9 Å². The predicted molar refractivity (Wildman–Crippen MR) is 56.7 cm³/mol. The lowest BCUT2D eigenvalue weighted by molar-refractivity contribution is 0.307. The van der Waals surface area contributed by atoms with Crippen molar-refractivity contribution >= 4 is 0 Å². The van der Waals surface area contributed by atoms with Crippen molar-refractivity contribution in [3.8, 4) is 0 Å². The van der Waals surface area contributed by atoms with Crippen molar-refractivity contribution in [1.82, 2.24) is 4.98 Å². The first kappa shape index (κ1) is 10.2. The summed E-state index contributed by atoms with van der Waals surface area (Å²) < 4.78 is 0. The summed E-state index contributed by atoms with van der Waals surface area (Å²) in [5.74, 6) is 0.564. The molecular formula is C12H19N. The summed E-state index contributed by atoms with van der Waals surface area (Å²) in [6, 6.07) is 6.16. The van der Waals surface area contributed by atoms with Crippen LogP contribution in [0.1, 0.15) is 45.7 Å². The molecule has 1 atom stereocenters. The zero-order valence-electron chi connectivity index (χ0n) is 9.04. The highest BCUT2D eigenvalue weighted by atomic mass is 14.7. The van der Waals surface area contributed by atoms with Crippen LogP contribution in [0.4, 0.5) is 0 Å². The van der Waals surface area contributed by atoms with Crippen molar-refractivity contribution in [2.24, 2.45) is 5.41 Å². The van der Waals surface area contributed by atoms with Crippen LogP contribution in [0.3, 0.4) is 0 Å². The molecule has 0 aromatic carbocycles. The lowest BCUT2D eigenvalue weighted by Crippen LogP contribution is -2.18. The lowest BCUT2D eigenvalue weighted by Gasteiger charge is -2.29. The van der Waals surface area contributed by atoms with Gasteiger partial charge in [-0.1, -0.05) is 33.8 Å². The zero-order chi connectivity index (χ0) is 9.90. The Morgan fingerprint density at radius 1 is 1.31 bits per heavy atom. The van der Waals surface area contributed by atoms with Gasteiger partial charge in [0, 0.05) is 17.8 Å². The first-order valence-corrected chi connectivity index (χ1v) is 4.96. The molecule has 13 heavy (non-hydrogen) atoms. The standard InChI is InChI=1S/C12H19N/c1-5-10(12(2,3)4)11-8-6-7-9-13-11/h6-10H,5H2,1-4H3/t10-/m0/s1. The summed E-state index contributed by atoms with van der Waals surface area (Å²) in [4.78, 5) is 4.42. The van der Waals surface area contributed by atoms with Crippen molar-refractivity contribution in [2.45, 2.75) is 40.0 Å². The van der Waals surface area contributed by atoms with Gasteiger partial charge in [-0.3, -0.25) is 4.98 Å². The van der Waals surface area contributed by atoms with E-state index in [1.807, 2.05) is 12.3 Å². The molecule has 0 radical (unpaired) electrons. The smallest absolute Gasteiger partial charge is 0.0439 e. The van der Waals surface area contributed by atoms with Gasteiger partial charge < -0.3 is 0 Å². The van der Waals surface area contributed by atoms with Gasteiger partial charge in [-0.2, -0.15) is 0 Å². The van der Waals surface area contributed by atoms with Gasteiger partial charge in [-0.15, -0.1) is 0 Å². The van der Waals surface area contributed by atoms with Gasteiger partial charge >= 0.3 is 0 Å². The minimum atomic E-state index is 0.309. The van der Waals surface area contributed by atoms with E-state index in [2.05, 4.69) is 44.8 Å². The Labute approximate surface area is 81.2 Å². The van der Waals surface area contributed by atoms with Crippen LogP contribution in [0.2, 0.25) is 0 Å². The number of nitrogens with zero attached hydrogens (tertiary/aromatic N) is 1. The summed E-state index contributed by atoms with van der Waals surface area (Å²) in [5, 5.41) is 0. The molecule has 72 valence electrons. The summed E-state index contributed by atoms with van der Waals surface area (Å²) in [7, 11) is 0. The van der Waals surface area contributed by atoms with E-state index in [4.69, 9.17) is 0 Å². The maximum Gasteiger partial charge on any atom is 0.0439 e. The number of aromatic nitrogens is 1. The Bertz CT molecular complexity index is 246. The minimum absolute atomic E-state index is 0.309. The maximum absolute atomic E-state index is 4.42. The van der Waals surface area contributed by atoms with Crippen LogP contribution in [0.15, 0.2) is 24.4 Å². The van der Waals surface area contributed by atoms with Crippen molar-refractivity contribution in [2.75, 3.05) is 0 Å². The molecule has 1 heterocycles. The van der Waals surface area contributed by atoms with Crippen LogP contribution in [-0.2, 0) is 0 Å². The Morgan fingerprint density at radius 3 is 2.38 bits per heavy atom. The lowest BCUT2D eigenvalue weighted by atomic mass is 9.77. The Kier molecular flexibility index (Phi) is 3.07. The van der Waals surface area contributed by atoms with Crippen LogP contribution in [0.25, 0.3) is 0 Å². The average molecular weight is 177 g/mol. The van der Waals surface area contributed by atoms with E-state index < -0.39 is 0 Å². The molecule has 1 heteroatoms. The van der Waals surface area contributed by atoms with E-state index in [9.17, 15) is 0 Å². The van der Waals surface area contributed by atoms with E-state index in [0.29, 0.717) is 11.3 Å². The van der Waals surface area contributed by atoms with E-state index >= 15 is 0 Å². The van der Waals surface area contributed by atoms with Gasteiger partial charge in [0.1, 0.15) is 0 Å². The maximum atomic E-state index is 4.42. The van der Waals surface area contributed by atoms with Crippen molar-refractivity contribution in [3.63, 3.8) is 0 Å². The average Bonchev–Trinajstić information content (AvgIpc) is 2.05. The second kappa shape index (κ2) is 3.91. The Morgan fingerprint density at radius 2 is 2.00 bits per heavy atom. The van der Waals surface area contributed by atoms with E-state index in [1.54, 1.807) is 0 Å². The molecule has 1 rings (SSSR count). The van der Waals surface area contributed by atoms with Crippen molar-refractivity contribution in [3.05, 3.63) is 30.1 Å². The van der Waals surface area contributed by atoms with Crippen LogP contribution in [0.5, 0.6) is 0 Å². The largest absolute Gasteiger partial charge is 0.261 e. The van der Waals surface area contributed by atoms with Gasteiger partial charge in [0.15, 0.2) is 0 Å². The van der Waals surface area contributed by atoms with E-state index in [1.165, 1.54) is 5.69 Å². The molecule has 1 nitrogen and oxygen atoms in total. The first-order chi connectivity index (χ1) is 6.05. The molecule has 0 fully saturated rings. The van der Waals surface area contributed by atoms with Gasteiger partial charge in [-0.25, -0.2) is 0 Å². The zero-order valence-corrected chi connectivity index (χ0v) is 9.04. The van der Waals surface area contributed by atoms with E-state index in [0.717, 1.165) is 6.42 Å². The second-order valence-corrected chi connectivity index (χ2v) is 4.58. The molecule has 0 aliphatic carbocycles. The SMILES string of the molecule is CC[C@@H](c1ccccn1)C(C)(C)C. The molecule has 0 aliphatic heterocycles. The molecule has 0 amide bonds. The molecule has 0 saturated carbocycles. The van der Waals surface area contributed by atoms with Crippen molar-refractivity contribution < 1.29 is 0 Å². The first-order valence-electron chi connectivity index (χ1n) is 4.96. The molecule has 0 bridgehead atoms.